The molecular formula is C15H25N3O2S. The number of hydrogen-bond donors (Lipinski definition) is 2. The van der Waals surface area contributed by atoms with Crippen LogP contribution in [0, 0.1) is 0 Å². The lowest BCUT2D eigenvalue weighted by Gasteiger charge is -2.29. The van der Waals surface area contributed by atoms with E-state index < -0.39 is 10.0 Å². The van der Waals surface area contributed by atoms with Gasteiger partial charge in [-0.15, -0.1) is 0 Å². The van der Waals surface area contributed by atoms with Crippen molar-refractivity contribution in [1.82, 2.24) is 9.62 Å². The van der Waals surface area contributed by atoms with Gasteiger partial charge in [0.2, 0.25) is 10.0 Å². The molecule has 0 amide bonds. The van der Waals surface area contributed by atoms with E-state index in [1.54, 1.807) is 6.07 Å². The SMILES string of the molecule is CCc1ccc(CN)cc1S(=O)(=O)NC1CCN(C)CC1. The Hall–Kier alpha value is -0.950. The maximum atomic E-state index is 12.7. The highest BCUT2D eigenvalue weighted by atomic mass is 32.2. The monoisotopic (exact) mass is 311 g/mol. The van der Waals surface area contributed by atoms with Crippen molar-refractivity contribution in [2.45, 2.75) is 43.7 Å². The summed E-state index contributed by atoms with van der Waals surface area (Å²) in [5.74, 6) is 0. The molecule has 2 rings (SSSR count). The minimum atomic E-state index is -3.48. The summed E-state index contributed by atoms with van der Waals surface area (Å²) in [6.07, 6.45) is 2.40. The van der Waals surface area contributed by atoms with Gasteiger partial charge in [-0.1, -0.05) is 19.1 Å². The van der Waals surface area contributed by atoms with Crippen molar-refractivity contribution in [2.75, 3.05) is 20.1 Å². The van der Waals surface area contributed by atoms with E-state index >= 15 is 0 Å². The normalized spacial score (nSPS) is 18.0. The average molecular weight is 311 g/mol. The van der Waals surface area contributed by atoms with Crippen molar-refractivity contribution in [1.29, 1.82) is 0 Å². The number of hydrogen-bond acceptors (Lipinski definition) is 4. The lowest BCUT2D eigenvalue weighted by atomic mass is 10.1. The molecule has 0 bridgehead atoms. The Morgan fingerprint density at radius 2 is 2.00 bits per heavy atom. The van der Waals surface area contributed by atoms with Crippen LogP contribution in [0.5, 0.6) is 0 Å². The number of likely N-dealkylation sites (tertiary alicyclic amines) is 1. The molecule has 5 nitrogen and oxygen atoms in total. The number of benzene rings is 1. The second kappa shape index (κ2) is 6.87. The molecule has 0 saturated carbocycles. The van der Waals surface area contributed by atoms with Gasteiger partial charge in [-0.2, -0.15) is 0 Å². The maximum Gasteiger partial charge on any atom is 0.241 e. The van der Waals surface area contributed by atoms with Crippen molar-refractivity contribution in [3.63, 3.8) is 0 Å². The Morgan fingerprint density at radius 3 is 2.57 bits per heavy atom. The lowest BCUT2D eigenvalue weighted by molar-refractivity contribution is 0.248. The summed E-state index contributed by atoms with van der Waals surface area (Å²) in [4.78, 5) is 2.60. The molecule has 118 valence electrons. The molecule has 1 heterocycles. The van der Waals surface area contributed by atoms with Crippen molar-refractivity contribution in [2.24, 2.45) is 5.73 Å². The van der Waals surface area contributed by atoms with Gasteiger partial charge in [-0.3, -0.25) is 0 Å². The number of rotatable bonds is 5. The Morgan fingerprint density at radius 1 is 1.33 bits per heavy atom. The molecule has 6 heteroatoms. The molecule has 0 unspecified atom stereocenters. The minimum Gasteiger partial charge on any atom is -0.326 e. The van der Waals surface area contributed by atoms with Crippen LogP contribution in [0.25, 0.3) is 0 Å². The third-order valence-electron chi connectivity index (χ3n) is 4.08. The molecule has 1 aliphatic rings. The largest absolute Gasteiger partial charge is 0.326 e. The Kier molecular flexibility index (Phi) is 5.37. The fourth-order valence-electron chi connectivity index (χ4n) is 2.68. The van der Waals surface area contributed by atoms with Crippen LogP contribution in [-0.4, -0.2) is 39.5 Å². The van der Waals surface area contributed by atoms with Gasteiger partial charge in [0, 0.05) is 12.6 Å². The van der Waals surface area contributed by atoms with Gasteiger partial charge < -0.3 is 10.6 Å². The van der Waals surface area contributed by atoms with Crippen LogP contribution < -0.4 is 10.5 Å². The van der Waals surface area contributed by atoms with Gasteiger partial charge in [-0.25, -0.2) is 13.1 Å². The van der Waals surface area contributed by atoms with Crippen molar-refractivity contribution >= 4 is 10.0 Å². The summed E-state index contributed by atoms with van der Waals surface area (Å²) >= 11 is 0. The second-order valence-corrected chi connectivity index (χ2v) is 7.38. The first-order valence-electron chi connectivity index (χ1n) is 7.49. The number of nitrogens with two attached hydrogens (primary N) is 1. The summed E-state index contributed by atoms with van der Waals surface area (Å²) in [6, 6.07) is 5.49. The summed E-state index contributed by atoms with van der Waals surface area (Å²) in [5, 5.41) is 0. The van der Waals surface area contributed by atoms with Gasteiger partial charge in [0.1, 0.15) is 0 Å². The first-order chi connectivity index (χ1) is 9.96. The second-order valence-electron chi connectivity index (χ2n) is 5.70. The van der Waals surface area contributed by atoms with Gasteiger partial charge in [0.25, 0.3) is 0 Å². The minimum absolute atomic E-state index is 0.0254. The van der Waals surface area contributed by atoms with Crippen molar-refractivity contribution in [3.05, 3.63) is 29.3 Å². The van der Waals surface area contributed by atoms with E-state index in [0.29, 0.717) is 17.9 Å². The average Bonchev–Trinajstić information content (AvgIpc) is 2.48. The Bertz CT molecular complexity index is 579. The summed E-state index contributed by atoms with van der Waals surface area (Å²) in [7, 11) is -1.42. The van der Waals surface area contributed by atoms with Crippen LogP contribution in [0.2, 0.25) is 0 Å². The van der Waals surface area contributed by atoms with Crippen LogP contribution in [0.3, 0.4) is 0 Å². The van der Waals surface area contributed by atoms with Gasteiger partial charge in [-0.05, 0) is 56.6 Å². The highest BCUT2D eigenvalue weighted by molar-refractivity contribution is 7.89. The molecule has 1 saturated heterocycles. The zero-order valence-corrected chi connectivity index (χ0v) is 13.6. The Labute approximate surface area is 127 Å². The number of nitrogens with zero attached hydrogens (tertiary/aromatic N) is 1. The predicted molar refractivity (Wildman–Crippen MR) is 84.6 cm³/mol. The van der Waals surface area contributed by atoms with E-state index in [-0.39, 0.29) is 6.04 Å². The van der Waals surface area contributed by atoms with Crippen LogP contribution in [0.15, 0.2) is 23.1 Å². The smallest absolute Gasteiger partial charge is 0.241 e. The molecule has 3 N–H and O–H groups in total. The molecular weight excluding hydrogens is 286 g/mol. The fraction of sp³-hybridized carbons (Fsp3) is 0.600. The standard InChI is InChI=1S/C15H25N3O2S/c1-3-13-5-4-12(11-16)10-15(13)21(19,20)17-14-6-8-18(2)9-7-14/h4-5,10,14,17H,3,6-9,11,16H2,1-2H3. The molecule has 1 aromatic rings. The predicted octanol–water partition coefficient (Wildman–Crippen LogP) is 1.08. The fourth-order valence-corrected chi connectivity index (χ4v) is 4.34. The number of nitrogens with one attached hydrogen (secondary N) is 1. The van der Waals surface area contributed by atoms with E-state index in [1.807, 2.05) is 19.1 Å². The van der Waals surface area contributed by atoms with E-state index in [2.05, 4.69) is 16.7 Å². The lowest BCUT2D eigenvalue weighted by Crippen LogP contribution is -2.43. The van der Waals surface area contributed by atoms with Gasteiger partial charge in [0.05, 0.1) is 4.90 Å². The first kappa shape index (κ1) is 16.4. The number of sulfonamides is 1. The molecule has 1 fully saturated rings. The molecule has 0 aliphatic carbocycles. The zero-order valence-electron chi connectivity index (χ0n) is 12.8. The molecule has 0 radical (unpaired) electrons. The summed E-state index contributed by atoms with van der Waals surface area (Å²) in [5.41, 5.74) is 7.32. The van der Waals surface area contributed by atoms with Crippen LogP contribution >= 0.6 is 0 Å². The Balaban J connectivity index is 2.22. The van der Waals surface area contributed by atoms with E-state index in [0.717, 1.165) is 37.1 Å². The highest BCUT2D eigenvalue weighted by Crippen LogP contribution is 2.20. The molecule has 0 spiro atoms. The first-order valence-corrected chi connectivity index (χ1v) is 8.97. The number of aryl methyl sites for hydroxylation is 1. The molecule has 21 heavy (non-hydrogen) atoms. The molecule has 0 aromatic heterocycles. The highest BCUT2D eigenvalue weighted by Gasteiger charge is 2.25. The van der Waals surface area contributed by atoms with Crippen LogP contribution in [-0.2, 0) is 23.0 Å². The summed E-state index contributed by atoms with van der Waals surface area (Å²) < 4.78 is 28.2. The van der Waals surface area contributed by atoms with Crippen molar-refractivity contribution < 1.29 is 8.42 Å². The summed E-state index contributed by atoms with van der Waals surface area (Å²) in [6.45, 7) is 4.17. The van der Waals surface area contributed by atoms with Crippen LogP contribution in [0.4, 0.5) is 0 Å². The molecule has 1 aromatic carbocycles. The van der Waals surface area contributed by atoms with Gasteiger partial charge in [0.15, 0.2) is 0 Å². The third-order valence-corrected chi connectivity index (χ3v) is 5.68. The van der Waals surface area contributed by atoms with Crippen LogP contribution in [0.1, 0.15) is 30.9 Å². The third kappa shape index (κ3) is 4.03. The zero-order chi connectivity index (χ0) is 15.5. The maximum absolute atomic E-state index is 12.7. The quantitative estimate of drug-likeness (QED) is 0.853. The molecule has 1 aliphatic heterocycles. The van der Waals surface area contributed by atoms with E-state index in [9.17, 15) is 8.42 Å². The van der Waals surface area contributed by atoms with Crippen molar-refractivity contribution in [3.8, 4) is 0 Å². The molecule has 0 atom stereocenters. The van der Waals surface area contributed by atoms with E-state index in [4.69, 9.17) is 5.73 Å². The number of piperidine rings is 1. The topological polar surface area (TPSA) is 75.4 Å². The van der Waals surface area contributed by atoms with E-state index in [1.165, 1.54) is 0 Å². The van der Waals surface area contributed by atoms with Gasteiger partial charge >= 0.3 is 0 Å².